The van der Waals surface area contributed by atoms with E-state index in [1.807, 2.05) is 38.4 Å². The lowest BCUT2D eigenvalue weighted by atomic mass is 10.2. The van der Waals surface area contributed by atoms with Gasteiger partial charge in [-0.05, 0) is 13.8 Å². The molecule has 0 aliphatic rings. The molecule has 2 aromatic rings. The molecule has 21 heavy (non-hydrogen) atoms. The summed E-state index contributed by atoms with van der Waals surface area (Å²) in [5.74, 6) is 0. The molecule has 0 saturated heterocycles. The number of hydrogen-bond donors (Lipinski definition) is 1. The van der Waals surface area contributed by atoms with Gasteiger partial charge >= 0.3 is 0 Å². The summed E-state index contributed by atoms with van der Waals surface area (Å²) in [5, 5.41) is 12.1. The maximum atomic E-state index is 7.91. The molecule has 6 heteroatoms. The lowest BCUT2D eigenvalue weighted by molar-refractivity contribution is -0.696. The van der Waals surface area contributed by atoms with Crippen LogP contribution in [0, 0.1) is 5.41 Å². The number of pyridine rings is 1. The third kappa shape index (κ3) is 4.05. The third-order valence-corrected chi connectivity index (χ3v) is 2.89. The van der Waals surface area contributed by atoms with Gasteiger partial charge in [0.05, 0.1) is 11.9 Å². The second kappa shape index (κ2) is 6.88. The summed E-state index contributed by atoms with van der Waals surface area (Å²) in [6.45, 7) is 7.08. The molecular formula is C15H21N6+. The van der Waals surface area contributed by atoms with Gasteiger partial charge in [-0.3, -0.25) is 10.4 Å². The van der Waals surface area contributed by atoms with Gasteiger partial charge in [0.15, 0.2) is 12.4 Å². The van der Waals surface area contributed by atoms with Gasteiger partial charge in [0.2, 0.25) is 5.62 Å². The Bertz CT molecular complexity index is 669. The largest absolute Gasteiger partial charge is 0.271 e. The lowest BCUT2D eigenvalue weighted by Gasteiger charge is -2.02. The predicted octanol–water partition coefficient (Wildman–Crippen LogP) is 1.41. The van der Waals surface area contributed by atoms with Crippen molar-refractivity contribution in [1.29, 1.82) is 5.41 Å². The molecule has 2 rings (SSSR count). The van der Waals surface area contributed by atoms with Crippen molar-refractivity contribution in [1.82, 2.24) is 14.8 Å². The van der Waals surface area contributed by atoms with E-state index in [1.165, 1.54) is 11.0 Å². The second-order valence-electron chi connectivity index (χ2n) is 5.09. The van der Waals surface area contributed by atoms with Crippen molar-refractivity contribution in [2.75, 3.05) is 0 Å². The molecule has 0 fully saturated rings. The molecule has 110 valence electrons. The van der Waals surface area contributed by atoms with Crippen molar-refractivity contribution < 1.29 is 4.57 Å². The molecule has 2 heterocycles. The minimum atomic E-state index is 0.0715. The Balaban J connectivity index is 2.25. The molecule has 0 radical (unpaired) electrons. The fourth-order valence-electron chi connectivity index (χ4n) is 1.82. The summed E-state index contributed by atoms with van der Waals surface area (Å²) in [4.78, 5) is 8.47. The number of nitrogens with one attached hydrogen (secondary N) is 1. The molecule has 0 amide bonds. The van der Waals surface area contributed by atoms with Crippen molar-refractivity contribution in [3.8, 4) is 11.3 Å². The van der Waals surface area contributed by atoms with Crippen LogP contribution in [-0.2, 0) is 6.54 Å². The van der Waals surface area contributed by atoms with E-state index in [4.69, 9.17) is 5.41 Å². The Hall–Kier alpha value is -2.37. The first-order chi connectivity index (χ1) is 10.1. The van der Waals surface area contributed by atoms with Crippen molar-refractivity contribution in [3.05, 3.63) is 36.3 Å². The average Bonchev–Trinajstić information content (AvgIpc) is 2.47. The van der Waals surface area contributed by atoms with Crippen LogP contribution in [0.2, 0.25) is 0 Å². The highest BCUT2D eigenvalue weighted by Crippen LogP contribution is 2.11. The van der Waals surface area contributed by atoms with Gasteiger partial charge in [0.1, 0.15) is 12.9 Å². The van der Waals surface area contributed by atoms with E-state index in [0.717, 1.165) is 18.5 Å². The van der Waals surface area contributed by atoms with Gasteiger partial charge in [-0.25, -0.2) is 9.55 Å². The number of aromatic nitrogens is 4. The van der Waals surface area contributed by atoms with Gasteiger partial charge in [-0.1, -0.05) is 6.92 Å². The van der Waals surface area contributed by atoms with Crippen LogP contribution in [0.1, 0.15) is 27.2 Å². The first kappa shape index (κ1) is 15.0. The molecule has 0 saturated carbocycles. The zero-order valence-electron chi connectivity index (χ0n) is 12.7. The monoisotopic (exact) mass is 285 g/mol. The van der Waals surface area contributed by atoms with Crippen molar-refractivity contribution in [2.24, 2.45) is 4.99 Å². The van der Waals surface area contributed by atoms with E-state index in [-0.39, 0.29) is 11.7 Å². The summed E-state index contributed by atoms with van der Waals surface area (Å²) in [6.07, 6.45) is 8.33. The summed E-state index contributed by atoms with van der Waals surface area (Å²) in [6, 6.07) is 4.15. The van der Waals surface area contributed by atoms with Gasteiger partial charge < -0.3 is 0 Å². The minimum absolute atomic E-state index is 0.0715. The van der Waals surface area contributed by atoms with Crippen LogP contribution >= 0.6 is 0 Å². The molecule has 2 aromatic heterocycles. The molecule has 0 aromatic carbocycles. The van der Waals surface area contributed by atoms with E-state index < -0.39 is 0 Å². The van der Waals surface area contributed by atoms with Crippen LogP contribution in [0.4, 0.5) is 0 Å². The van der Waals surface area contributed by atoms with E-state index in [0.29, 0.717) is 5.69 Å². The van der Waals surface area contributed by atoms with E-state index in [9.17, 15) is 0 Å². The standard InChI is InChI=1S/C15H21N6/c1-4-7-20-8-5-13(6-9-20)14-10-18-21(15(16)19-14)11-17-12(2)3/h5-6,8-12,16H,4,7H2,1-3H3/q+1. The lowest BCUT2D eigenvalue weighted by Crippen LogP contribution is -2.32. The van der Waals surface area contributed by atoms with Gasteiger partial charge in [0, 0.05) is 30.2 Å². The number of rotatable bonds is 5. The Morgan fingerprint density at radius 1 is 1.38 bits per heavy atom. The summed E-state index contributed by atoms with van der Waals surface area (Å²) in [5.41, 5.74) is 1.72. The number of hydrogen-bond acceptors (Lipinski definition) is 4. The van der Waals surface area contributed by atoms with Crippen LogP contribution in [0.5, 0.6) is 0 Å². The van der Waals surface area contributed by atoms with Gasteiger partial charge in [0.25, 0.3) is 0 Å². The zero-order chi connectivity index (χ0) is 15.2. The molecule has 0 aliphatic carbocycles. The maximum absolute atomic E-state index is 7.91. The van der Waals surface area contributed by atoms with Gasteiger partial charge in [-0.15, -0.1) is 0 Å². The first-order valence-electron chi connectivity index (χ1n) is 7.13. The van der Waals surface area contributed by atoms with Gasteiger partial charge in [-0.2, -0.15) is 9.78 Å². The molecule has 0 atom stereocenters. The van der Waals surface area contributed by atoms with Crippen molar-refractivity contribution in [3.63, 3.8) is 0 Å². The molecule has 1 N–H and O–H groups in total. The highest BCUT2D eigenvalue weighted by Gasteiger charge is 2.05. The zero-order valence-corrected chi connectivity index (χ0v) is 12.7. The topological polar surface area (TPSA) is 70.8 Å². The van der Waals surface area contributed by atoms with E-state index >= 15 is 0 Å². The van der Waals surface area contributed by atoms with Crippen LogP contribution in [-0.4, -0.2) is 27.1 Å². The number of aryl methyl sites for hydroxylation is 1. The minimum Gasteiger partial charge on any atom is -0.271 e. The van der Waals surface area contributed by atoms with Crippen LogP contribution < -0.4 is 10.2 Å². The predicted molar refractivity (Wildman–Crippen MR) is 80.8 cm³/mol. The van der Waals surface area contributed by atoms with E-state index in [1.54, 1.807) is 6.20 Å². The molecule has 0 spiro atoms. The summed E-state index contributed by atoms with van der Waals surface area (Å²) < 4.78 is 3.49. The second-order valence-corrected chi connectivity index (χ2v) is 5.09. The number of aliphatic imine (C=N–C) groups is 1. The number of nitrogens with zero attached hydrogens (tertiary/aromatic N) is 5. The quantitative estimate of drug-likeness (QED) is 0.512. The van der Waals surface area contributed by atoms with Crippen molar-refractivity contribution >= 4 is 6.34 Å². The molecular weight excluding hydrogens is 264 g/mol. The Kier molecular flexibility index (Phi) is 4.92. The Morgan fingerprint density at radius 3 is 2.67 bits per heavy atom. The molecule has 6 nitrogen and oxygen atoms in total. The molecule has 0 unspecified atom stereocenters. The normalized spacial score (nSPS) is 11.4. The fraction of sp³-hybridized carbons (Fsp3) is 0.400. The highest BCUT2D eigenvalue weighted by atomic mass is 15.3. The van der Waals surface area contributed by atoms with Crippen molar-refractivity contribution in [2.45, 2.75) is 39.8 Å². The fourth-order valence-corrected chi connectivity index (χ4v) is 1.82. The SMILES string of the molecule is CCC[n+]1ccc(-c2cnn(C=NC(C)C)c(=N)n2)cc1. The van der Waals surface area contributed by atoms with E-state index in [2.05, 4.69) is 26.6 Å². The highest BCUT2D eigenvalue weighted by molar-refractivity contribution is 5.59. The smallest absolute Gasteiger partial charge is 0.245 e. The Morgan fingerprint density at radius 2 is 2.10 bits per heavy atom. The molecule has 0 aliphatic heterocycles. The first-order valence-corrected chi connectivity index (χ1v) is 7.13. The van der Waals surface area contributed by atoms with Crippen LogP contribution in [0.25, 0.3) is 11.3 Å². The maximum Gasteiger partial charge on any atom is 0.245 e. The van der Waals surface area contributed by atoms with Crippen LogP contribution in [0.3, 0.4) is 0 Å². The van der Waals surface area contributed by atoms with Crippen LogP contribution in [0.15, 0.2) is 35.7 Å². The third-order valence-electron chi connectivity index (χ3n) is 2.89. The Labute approximate surface area is 124 Å². The summed E-state index contributed by atoms with van der Waals surface area (Å²) in [7, 11) is 0. The molecule has 0 bridgehead atoms. The average molecular weight is 285 g/mol. The summed E-state index contributed by atoms with van der Waals surface area (Å²) >= 11 is 0.